The number of hydrogen-bond donors (Lipinski definition) is 2. The second-order valence-electron chi connectivity index (χ2n) is 10.7. The van der Waals surface area contributed by atoms with Gasteiger partial charge < -0.3 is 10.6 Å². The van der Waals surface area contributed by atoms with Crippen LogP contribution in [0.4, 0.5) is 0 Å². The zero-order valence-corrected chi connectivity index (χ0v) is 25.7. The highest BCUT2D eigenvalue weighted by molar-refractivity contribution is 8.00. The lowest BCUT2D eigenvalue weighted by atomic mass is 10.1. The largest absolute Gasteiger partial charge is 0.304 e. The molecule has 35 heavy (non-hydrogen) atoms. The van der Waals surface area contributed by atoms with Crippen molar-refractivity contribution in [1.82, 2.24) is 20.4 Å². The summed E-state index contributed by atoms with van der Waals surface area (Å²) in [6.45, 7) is 16.5. The van der Waals surface area contributed by atoms with Gasteiger partial charge in [-0.05, 0) is 32.1 Å². The molecule has 2 heterocycles. The summed E-state index contributed by atoms with van der Waals surface area (Å²) in [6.07, 6.45) is 20.5. The maximum absolute atomic E-state index is 3.94. The Morgan fingerprint density at radius 2 is 1.00 bits per heavy atom. The third-order valence-electron chi connectivity index (χ3n) is 7.70. The molecule has 0 aromatic carbocycles. The van der Waals surface area contributed by atoms with Crippen molar-refractivity contribution >= 4 is 23.5 Å². The summed E-state index contributed by atoms with van der Waals surface area (Å²) in [4.78, 5) is 5.95. The van der Waals surface area contributed by atoms with E-state index >= 15 is 0 Å². The van der Waals surface area contributed by atoms with Crippen molar-refractivity contribution in [3.05, 3.63) is 0 Å². The highest BCUT2D eigenvalue weighted by atomic mass is 32.2. The molecule has 0 saturated carbocycles. The number of hydrogen-bond acceptors (Lipinski definition) is 6. The molecule has 2 aliphatic rings. The molecule has 2 rings (SSSR count). The summed E-state index contributed by atoms with van der Waals surface area (Å²) in [7, 11) is 0. The number of unbranched alkanes of at least 4 members (excludes halogenated alkanes) is 5. The van der Waals surface area contributed by atoms with E-state index in [1.165, 1.54) is 109 Å². The van der Waals surface area contributed by atoms with E-state index in [0.29, 0.717) is 27.7 Å². The van der Waals surface area contributed by atoms with Gasteiger partial charge in [-0.3, -0.25) is 9.80 Å². The van der Waals surface area contributed by atoms with Crippen LogP contribution in [-0.4, -0.2) is 63.6 Å². The lowest BCUT2D eigenvalue weighted by molar-refractivity contribution is 0.0184. The van der Waals surface area contributed by atoms with Crippen molar-refractivity contribution in [3.63, 3.8) is 0 Å². The molecule has 2 aliphatic heterocycles. The van der Waals surface area contributed by atoms with Crippen LogP contribution in [0.2, 0.25) is 0 Å². The summed E-state index contributed by atoms with van der Waals surface area (Å²) in [5.41, 5.74) is 0. The van der Waals surface area contributed by atoms with Crippen molar-refractivity contribution in [2.75, 3.05) is 26.2 Å². The molecule has 2 fully saturated rings. The van der Waals surface area contributed by atoms with Gasteiger partial charge in [0.05, 0.1) is 27.7 Å². The fraction of sp³-hybridized carbons (Fsp3) is 1.00. The van der Waals surface area contributed by atoms with Crippen LogP contribution in [-0.2, 0) is 0 Å². The van der Waals surface area contributed by atoms with E-state index < -0.39 is 0 Å². The number of nitrogens with one attached hydrogen (secondary N) is 2. The molecular weight excluding hydrogens is 468 g/mol. The van der Waals surface area contributed by atoms with Gasteiger partial charge in [-0.2, -0.15) is 0 Å². The Morgan fingerprint density at radius 1 is 0.600 bits per heavy atom. The topological polar surface area (TPSA) is 30.5 Å². The Balaban J connectivity index is 2.27. The second kappa shape index (κ2) is 19.6. The maximum Gasteiger partial charge on any atom is 0.0642 e. The predicted octanol–water partition coefficient (Wildman–Crippen LogP) is 7.84. The molecule has 0 amide bonds. The predicted molar refractivity (Wildman–Crippen MR) is 161 cm³/mol. The standard InChI is InChI=1S/C29H60N4S2/c1-6-11-16-25-30-21-23-32(28(34-25)19-14-9-4)27(18-13-8-3)33-24-22-31-26(17-12-7-2)35-29(33)20-15-10-5/h25-31H,6-24H2,1-5H3. The minimum Gasteiger partial charge on any atom is -0.304 e. The summed E-state index contributed by atoms with van der Waals surface area (Å²) in [6, 6.07) is 0. The first kappa shape index (κ1) is 31.8. The quantitative estimate of drug-likeness (QED) is 0.200. The van der Waals surface area contributed by atoms with Crippen molar-refractivity contribution < 1.29 is 0 Å². The van der Waals surface area contributed by atoms with E-state index in [9.17, 15) is 0 Å². The summed E-state index contributed by atoms with van der Waals surface area (Å²) < 4.78 is 0. The van der Waals surface area contributed by atoms with Crippen LogP contribution in [0, 0.1) is 0 Å². The molecule has 0 aromatic heterocycles. The van der Waals surface area contributed by atoms with E-state index in [2.05, 4.69) is 78.6 Å². The molecule has 0 bridgehead atoms. The lowest BCUT2D eigenvalue weighted by Gasteiger charge is -2.45. The van der Waals surface area contributed by atoms with E-state index in [0.717, 1.165) is 13.1 Å². The van der Waals surface area contributed by atoms with Crippen LogP contribution in [0.5, 0.6) is 0 Å². The van der Waals surface area contributed by atoms with Crippen LogP contribution >= 0.6 is 23.5 Å². The Bertz CT molecular complexity index is 469. The number of thioether (sulfide) groups is 2. The van der Waals surface area contributed by atoms with E-state index in [-0.39, 0.29) is 0 Å². The first-order chi connectivity index (χ1) is 17.2. The lowest BCUT2D eigenvalue weighted by Crippen LogP contribution is -2.55. The highest BCUT2D eigenvalue weighted by Crippen LogP contribution is 2.37. The third-order valence-corrected chi connectivity index (χ3v) is 10.8. The molecule has 0 aliphatic carbocycles. The van der Waals surface area contributed by atoms with Gasteiger partial charge in [0.1, 0.15) is 0 Å². The van der Waals surface area contributed by atoms with Crippen molar-refractivity contribution in [2.45, 2.75) is 159 Å². The Kier molecular flexibility index (Phi) is 17.8. The van der Waals surface area contributed by atoms with Gasteiger partial charge in [0.25, 0.3) is 0 Å². The van der Waals surface area contributed by atoms with Gasteiger partial charge >= 0.3 is 0 Å². The molecule has 2 saturated heterocycles. The first-order valence-electron chi connectivity index (χ1n) is 15.5. The molecule has 4 unspecified atom stereocenters. The van der Waals surface area contributed by atoms with Crippen molar-refractivity contribution in [3.8, 4) is 0 Å². The van der Waals surface area contributed by atoms with Gasteiger partial charge in [-0.1, -0.05) is 98.8 Å². The third kappa shape index (κ3) is 11.4. The fourth-order valence-electron chi connectivity index (χ4n) is 5.56. The van der Waals surface area contributed by atoms with Gasteiger partial charge in [0.15, 0.2) is 0 Å². The summed E-state index contributed by atoms with van der Waals surface area (Å²) in [5, 5.41) is 10.4. The molecule has 0 spiro atoms. The monoisotopic (exact) mass is 528 g/mol. The van der Waals surface area contributed by atoms with Crippen LogP contribution in [0.15, 0.2) is 0 Å². The van der Waals surface area contributed by atoms with E-state index in [4.69, 9.17) is 0 Å². The smallest absolute Gasteiger partial charge is 0.0642 e. The second-order valence-corrected chi connectivity index (χ2v) is 13.5. The van der Waals surface area contributed by atoms with Crippen molar-refractivity contribution in [1.29, 1.82) is 0 Å². The molecule has 2 N–H and O–H groups in total. The molecule has 0 radical (unpaired) electrons. The molecule has 0 aromatic rings. The highest BCUT2D eigenvalue weighted by Gasteiger charge is 2.38. The fourth-order valence-corrected chi connectivity index (χ4v) is 8.77. The Labute approximate surface area is 228 Å². The van der Waals surface area contributed by atoms with Crippen LogP contribution in [0.1, 0.15) is 131 Å². The Hall–Kier alpha value is 0.540. The molecular formula is C29H60N4S2. The normalized spacial score (nSPS) is 28.0. The maximum atomic E-state index is 3.94. The van der Waals surface area contributed by atoms with Gasteiger partial charge in [0.2, 0.25) is 0 Å². The average molecular weight is 529 g/mol. The molecule has 4 nitrogen and oxygen atoms in total. The van der Waals surface area contributed by atoms with Gasteiger partial charge in [0, 0.05) is 26.2 Å². The average Bonchev–Trinajstić information content (AvgIpc) is 3.20. The van der Waals surface area contributed by atoms with E-state index in [1.54, 1.807) is 0 Å². The summed E-state index contributed by atoms with van der Waals surface area (Å²) >= 11 is 4.54. The minimum absolute atomic E-state index is 0.581. The Morgan fingerprint density at radius 3 is 1.40 bits per heavy atom. The SMILES string of the molecule is CCCCC1NCCN(C(CCCC)N2CCNC(CCCC)SC2CCCC)C(CCCC)S1. The zero-order valence-electron chi connectivity index (χ0n) is 24.0. The van der Waals surface area contributed by atoms with Crippen molar-refractivity contribution in [2.24, 2.45) is 0 Å². The molecule has 208 valence electrons. The molecule has 4 atom stereocenters. The minimum atomic E-state index is 0.581. The first-order valence-corrected chi connectivity index (χ1v) is 17.4. The molecule has 6 heteroatoms. The van der Waals surface area contributed by atoms with Gasteiger partial charge in [-0.15, -0.1) is 23.5 Å². The zero-order chi connectivity index (χ0) is 25.3. The van der Waals surface area contributed by atoms with Crippen LogP contribution < -0.4 is 10.6 Å². The van der Waals surface area contributed by atoms with Gasteiger partial charge in [-0.25, -0.2) is 0 Å². The summed E-state index contributed by atoms with van der Waals surface area (Å²) in [5.74, 6) is 0. The number of nitrogens with zero attached hydrogens (tertiary/aromatic N) is 2. The van der Waals surface area contributed by atoms with Crippen LogP contribution in [0.25, 0.3) is 0 Å². The number of rotatable bonds is 17. The van der Waals surface area contributed by atoms with E-state index in [1.807, 2.05) is 0 Å². The van der Waals surface area contributed by atoms with Crippen LogP contribution in [0.3, 0.4) is 0 Å².